The molecule has 0 aliphatic carbocycles. The molecule has 0 spiro atoms. The molecule has 0 saturated carbocycles. The van der Waals surface area contributed by atoms with Crippen LogP contribution in [-0.2, 0) is 5.54 Å². The molecule has 1 heterocycles. The van der Waals surface area contributed by atoms with Crippen molar-refractivity contribution in [3.05, 3.63) is 95.6 Å². The van der Waals surface area contributed by atoms with E-state index in [0.717, 1.165) is 46.1 Å². The van der Waals surface area contributed by atoms with Crippen molar-refractivity contribution in [3.8, 4) is 17.2 Å². The first-order chi connectivity index (χ1) is 15.2. The summed E-state index contributed by atoms with van der Waals surface area (Å²) in [5, 5.41) is 4.67. The molecule has 1 aliphatic rings. The van der Waals surface area contributed by atoms with Gasteiger partial charge in [0.05, 0.1) is 27.0 Å². The van der Waals surface area contributed by atoms with Crippen molar-refractivity contribution in [1.82, 2.24) is 5.43 Å². The molecule has 5 heteroatoms. The van der Waals surface area contributed by atoms with Crippen LogP contribution in [0.3, 0.4) is 0 Å². The first kappa shape index (κ1) is 20.5. The Morgan fingerprint density at radius 2 is 1.13 bits per heavy atom. The lowest BCUT2D eigenvalue weighted by Crippen LogP contribution is -2.37. The number of ether oxygens (including phenoxy) is 3. The van der Waals surface area contributed by atoms with Gasteiger partial charge in [0.25, 0.3) is 0 Å². The van der Waals surface area contributed by atoms with Gasteiger partial charge in [-0.15, -0.1) is 0 Å². The fourth-order valence-electron chi connectivity index (χ4n) is 3.77. The third kappa shape index (κ3) is 4.26. The smallest absolute Gasteiger partial charge is 0.118 e. The Labute approximate surface area is 183 Å². The van der Waals surface area contributed by atoms with Gasteiger partial charge in [0.2, 0.25) is 0 Å². The molecule has 3 aromatic rings. The highest BCUT2D eigenvalue weighted by atomic mass is 16.5. The fourth-order valence-corrected chi connectivity index (χ4v) is 3.77. The van der Waals surface area contributed by atoms with E-state index in [1.807, 2.05) is 48.5 Å². The van der Waals surface area contributed by atoms with Gasteiger partial charge in [0.15, 0.2) is 0 Å². The lowest BCUT2D eigenvalue weighted by atomic mass is 9.80. The topological polar surface area (TPSA) is 52.1 Å². The van der Waals surface area contributed by atoms with Crippen LogP contribution < -0.4 is 19.6 Å². The summed E-state index contributed by atoms with van der Waals surface area (Å²) in [7, 11) is 5.02. The van der Waals surface area contributed by atoms with E-state index in [4.69, 9.17) is 14.2 Å². The minimum absolute atomic E-state index is 0.460. The van der Waals surface area contributed by atoms with Gasteiger partial charge in [0.1, 0.15) is 22.8 Å². The zero-order valence-electron chi connectivity index (χ0n) is 18.0. The number of hydrazone groups is 1. The summed E-state index contributed by atoms with van der Waals surface area (Å²) < 4.78 is 15.9. The predicted octanol–water partition coefficient (Wildman–Crippen LogP) is 5.02. The maximum Gasteiger partial charge on any atom is 0.118 e. The van der Waals surface area contributed by atoms with Crippen LogP contribution in [-0.4, -0.2) is 27.0 Å². The Hall–Kier alpha value is -3.73. The Kier molecular flexibility index (Phi) is 5.94. The van der Waals surface area contributed by atoms with E-state index in [1.54, 1.807) is 21.3 Å². The van der Waals surface area contributed by atoms with Crippen molar-refractivity contribution in [3.63, 3.8) is 0 Å². The highest BCUT2D eigenvalue weighted by molar-refractivity contribution is 6.00. The zero-order chi connectivity index (χ0) is 21.7. The third-order valence-electron chi connectivity index (χ3n) is 5.59. The number of hydrogen-bond donors (Lipinski definition) is 1. The Morgan fingerprint density at radius 3 is 1.58 bits per heavy atom. The van der Waals surface area contributed by atoms with Gasteiger partial charge in [-0.1, -0.05) is 42.5 Å². The SMILES string of the molecule is COc1ccc(/C=C/C2=NNC(c3ccc(OC)cc3)(c3ccc(OC)cc3)C2)cc1. The highest BCUT2D eigenvalue weighted by Crippen LogP contribution is 2.38. The third-order valence-corrected chi connectivity index (χ3v) is 5.59. The molecule has 5 nitrogen and oxygen atoms in total. The van der Waals surface area contributed by atoms with E-state index in [2.05, 4.69) is 46.9 Å². The van der Waals surface area contributed by atoms with Crippen molar-refractivity contribution < 1.29 is 14.2 Å². The average molecular weight is 415 g/mol. The second-order valence-electron chi connectivity index (χ2n) is 7.36. The predicted molar refractivity (Wildman–Crippen MR) is 124 cm³/mol. The first-order valence-electron chi connectivity index (χ1n) is 10.1. The molecule has 158 valence electrons. The number of allylic oxidation sites excluding steroid dienone is 1. The van der Waals surface area contributed by atoms with Crippen LogP contribution >= 0.6 is 0 Å². The van der Waals surface area contributed by atoms with Crippen LogP contribution in [0.4, 0.5) is 0 Å². The van der Waals surface area contributed by atoms with Crippen LogP contribution in [0.2, 0.25) is 0 Å². The minimum atomic E-state index is -0.460. The van der Waals surface area contributed by atoms with Crippen LogP contribution in [0.1, 0.15) is 23.1 Å². The highest BCUT2D eigenvalue weighted by Gasteiger charge is 2.39. The molecule has 1 aliphatic heterocycles. The van der Waals surface area contributed by atoms with Crippen molar-refractivity contribution >= 4 is 11.8 Å². The maximum absolute atomic E-state index is 5.34. The number of rotatable bonds is 7. The van der Waals surface area contributed by atoms with Gasteiger partial charge in [-0.3, -0.25) is 5.43 Å². The van der Waals surface area contributed by atoms with Crippen molar-refractivity contribution in [2.75, 3.05) is 21.3 Å². The van der Waals surface area contributed by atoms with Crippen molar-refractivity contribution in [2.24, 2.45) is 5.10 Å². The van der Waals surface area contributed by atoms with E-state index in [1.165, 1.54) is 0 Å². The average Bonchev–Trinajstić information content (AvgIpc) is 3.28. The van der Waals surface area contributed by atoms with E-state index in [9.17, 15) is 0 Å². The quantitative estimate of drug-likeness (QED) is 0.590. The van der Waals surface area contributed by atoms with Gasteiger partial charge in [-0.25, -0.2) is 0 Å². The fraction of sp³-hybridized carbons (Fsp3) is 0.192. The summed E-state index contributed by atoms with van der Waals surface area (Å²) >= 11 is 0. The minimum Gasteiger partial charge on any atom is -0.497 e. The molecule has 0 atom stereocenters. The van der Waals surface area contributed by atoms with E-state index in [0.29, 0.717) is 0 Å². The Morgan fingerprint density at radius 1 is 0.677 bits per heavy atom. The molecular formula is C26H26N2O3. The summed E-state index contributed by atoms with van der Waals surface area (Å²) in [5.74, 6) is 2.49. The number of methoxy groups -OCH3 is 3. The van der Waals surface area contributed by atoms with Gasteiger partial charge in [-0.2, -0.15) is 5.10 Å². The standard InChI is InChI=1S/C26H26N2O3/c1-29-23-12-5-19(6-13-23)4-11-22-18-26(28-27-22,20-7-14-24(30-2)15-8-20)21-9-16-25(31-3)17-10-21/h4-17,28H,18H2,1-3H3/b11-4+. The monoisotopic (exact) mass is 414 g/mol. The molecule has 4 rings (SSSR count). The second kappa shape index (κ2) is 8.96. The molecule has 0 fully saturated rings. The number of nitrogens with zero attached hydrogens (tertiary/aromatic N) is 1. The molecule has 31 heavy (non-hydrogen) atoms. The molecule has 0 amide bonds. The molecule has 0 unspecified atom stereocenters. The van der Waals surface area contributed by atoms with Gasteiger partial charge < -0.3 is 14.2 Å². The van der Waals surface area contributed by atoms with Crippen LogP contribution in [0.15, 0.2) is 84.0 Å². The molecule has 3 aromatic carbocycles. The van der Waals surface area contributed by atoms with Gasteiger partial charge >= 0.3 is 0 Å². The number of nitrogens with one attached hydrogen (secondary N) is 1. The summed E-state index contributed by atoms with van der Waals surface area (Å²) in [4.78, 5) is 0. The number of benzene rings is 3. The van der Waals surface area contributed by atoms with Crippen molar-refractivity contribution in [2.45, 2.75) is 12.0 Å². The van der Waals surface area contributed by atoms with E-state index in [-0.39, 0.29) is 0 Å². The van der Waals surface area contributed by atoms with Gasteiger partial charge in [-0.05, 0) is 59.2 Å². The molecular weight excluding hydrogens is 388 g/mol. The molecule has 0 aromatic heterocycles. The van der Waals surface area contributed by atoms with E-state index < -0.39 is 5.54 Å². The van der Waals surface area contributed by atoms with Gasteiger partial charge in [0, 0.05) is 6.42 Å². The molecule has 0 bridgehead atoms. The summed E-state index contributed by atoms with van der Waals surface area (Å²) in [6.45, 7) is 0. The maximum atomic E-state index is 5.34. The Balaban J connectivity index is 1.63. The molecule has 1 N–H and O–H groups in total. The summed E-state index contributed by atoms with van der Waals surface area (Å²) in [5.41, 5.74) is 7.27. The van der Waals surface area contributed by atoms with Crippen LogP contribution in [0.5, 0.6) is 17.2 Å². The second-order valence-corrected chi connectivity index (χ2v) is 7.36. The summed E-state index contributed by atoms with van der Waals surface area (Å²) in [6, 6.07) is 24.2. The largest absolute Gasteiger partial charge is 0.497 e. The Bertz CT molecular complexity index is 1020. The summed E-state index contributed by atoms with van der Waals surface area (Å²) in [6.07, 6.45) is 4.85. The lowest BCUT2D eigenvalue weighted by Gasteiger charge is -2.30. The number of hydrogen-bond acceptors (Lipinski definition) is 5. The van der Waals surface area contributed by atoms with Crippen LogP contribution in [0.25, 0.3) is 6.08 Å². The zero-order valence-corrected chi connectivity index (χ0v) is 18.0. The normalized spacial score (nSPS) is 14.7. The first-order valence-corrected chi connectivity index (χ1v) is 10.1. The lowest BCUT2D eigenvalue weighted by molar-refractivity contribution is 0.411. The van der Waals surface area contributed by atoms with E-state index >= 15 is 0 Å². The van der Waals surface area contributed by atoms with Crippen LogP contribution in [0, 0.1) is 0 Å². The molecule has 0 radical (unpaired) electrons. The molecule has 0 saturated heterocycles. The van der Waals surface area contributed by atoms with Crippen molar-refractivity contribution in [1.29, 1.82) is 0 Å².